The second-order valence-electron chi connectivity index (χ2n) is 2.91. The third-order valence-electron chi connectivity index (χ3n) is 1.96. The molecule has 0 bridgehead atoms. The van der Waals surface area contributed by atoms with Gasteiger partial charge in [-0.3, -0.25) is 4.79 Å². The molecule has 0 saturated heterocycles. The number of benzene rings is 1. The van der Waals surface area contributed by atoms with Crippen LogP contribution in [0.3, 0.4) is 0 Å². The van der Waals surface area contributed by atoms with Crippen LogP contribution in [0.1, 0.15) is 15.2 Å². The molecule has 0 radical (unpaired) electrons. The summed E-state index contributed by atoms with van der Waals surface area (Å²) >= 11 is 7.23. The Labute approximate surface area is 89.7 Å². The van der Waals surface area contributed by atoms with Crippen LogP contribution >= 0.6 is 22.9 Å². The van der Waals surface area contributed by atoms with Gasteiger partial charge in [0.15, 0.2) is 6.29 Å². The molecule has 0 atom stereocenters. The minimum absolute atomic E-state index is 0.0597. The maximum Gasteiger partial charge on any atom is 0.160 e. The highest BCUT2D eigenvalue weighted by molar-refractivity contribution is 7.20. The largest absolute Gasteiger partial charge is 0.392 e. The van der Waals surface area contributed by atoms with Crippen LogP contribution in [0.4, 0.5) is 0 Å². The van der Waals surface area contributed by atoms with Crippen molar-refractivity contribution < 1.29 is 9.90 Å². The first-order valence-corrected chi connectivity index (χ1v) is 5.22. The Kier molecular flexibility index (Phi) is 2.54. The topological polar surface area (TPSA) is 37.3 Å². The number of carbonyl (C=O) groups is 1. The molecule has 0 unspecified atom stereocenters. The van der Waals surface area contributed by atoms with Gasteiger partial charge in [0, 0.05) is 9.72 Å². The Morgan fingerprint density at radius 2 is 2.21 bits per heavy atom. The maximum absolute atomic E-state index is 10.6. The van der Waals surface area contributed by atoms with Crippen molar-refractivity contribution in [3.63, 3.8) is 0 Å². The summed E-state index contributed by atoms with van der Waals surface area (Å²) in [6.45, 7) is -0.0597. The molecule has 0 aliphatic rings. The maximum atomic E-state index is 10.6. The van der Waals surface area contributed by atoms with Crippen LogP contribution in [0.5, 0.6) is 0 Å². The van der Waals surface area contributed by atoms with Crippen LogP contribution in [0.25, 0.3) is 10.1 Å². The summed E-state index contributed by atoms with van der Waals surface area (Å²) in [5.41, 5.74) is 0.769. The van der Waals surface area contributed by atoms with E-state index in [-0.39, 0.29) is 6.61 Å². The van der Waals surface area contributed by atoms with E-state index in [1.807, 2.05) is 0 Å². The molecule has 72 valence electrons. The van der Waals surface area contributed by atoms with Gasteiger partial charge in [0.05, 0.1) is 11.5 Å². The number of aldehydes is 1. The molecule has 0 fully saturated rings. The summed E-state index contributed by atoms with van der Waals surface area (Å²) in [6.07, 6.45) is 0.805. The molecule has 4 heteroatoms. The summed E-state index contributed by atoms with van der Waals surface area (Å²) in [6, 6.07) is 5.28. The summed E-state index contributed by atoms with van der Waals surface area (Å²) in [7, 11) is 0. The number of carbonyl (C=O) groups excluding carboxylic acids is 1. The van der Waals surface area contributed by atoms with Crippen molar-refractivity contribution >= 4 is 39.3 Å². The molecule has 14 heavy (non-hydrogen) atoms. The van der Waals surface area contributed by atoms with Crippen molar-refractivity contribution in [1.29, 1.82) is 0 Å². The highest BCUT2D eigenvalue weighted by Gasteiger charge is 2.06. The number of hydrogen-bond donors (Lipinski definition) is 1. The van der Waals surface area contributed by atoms with Crippen molar-refractivity contribution in [2.75, 3.05) is 0 Å². The fraction of sp³-hybridized carbons (Fsp3) is 0.100. The zero-order valence-corrected chi connectivity index (χ0v) is 8.73. The number of aliphatic hydroxyl groups is 1. The average molecular weight is 227 g/mol. The molecule has 2 nitrogen and oxygen atoms in total. The SMILES string of the molecule is O=Cc1cc2cc(Cl)cc(CO)c2s1. The van der Waals surface area contributed by atoms with E-state index in [2.05, 4.69) is 0 Å². The standard InChI is InChI=1S/C10H7ClO2S/c11-8-1-6-3-9(5-13)14-10(6)7(2-8)4-12/h1-3,5,12H,4H2. The molecule has 0 aliphatic heterocycles. The first-order chi connectivity index (χ1) is 6.74. The molecule has 2 aromatic rings. The van der Waals surface area contributed by atoms with Crippen LogP contribution in [0.15, 0.2) is 18.2 Å². The first kappa shape index (κ1) is 9.65. The van der Waals surface area contributed by atoms with Crippen LogP contribution in [0, 0.1) is 0 Å². The summed E-state index contributed by atoms with van der Waals surface area (Å²) in [4.78, 5) is 11.2. The van der Waals surface area contributed by atoms with Gasteiger partial charge in [-0.15, -0.1) is 11.3 Å². The molecule has 0 saturated carbocycles. The van der Waals surface area contributed by atoms with E-state index in [0.29, 0.717) is 9.90 Å². The highest BCUT2D eigenvalue weighted by atomic mass is 35.5. The van der Waals surface area contributed by atoms with Gasteiger partial charge in [-0.05, 0) is 29.1 Å². The van der Waals surface area contributed by atoms with Gasteiger partial charge < -0.3 is 5.11 Å². The molecule has 1 aromatic carbocycles. The van der Waals surface area contributed by atoms with E-state index in [0.717, 1.165) is 21.9 Å². The summed E-state index contributed by atoms with van der Waals surface area (Å²) < 4.78 is 0.930. The molecular formula is C10H7ClO2S. The Balaban J connectivity index is 2.77. The molecule has 1 N–H and O–H groups in total. The van der Waals surface area contributed by atoms with E-state index >= 15 is 0 Å². The Morgan fingerprint density at radius 1 is 1.43 bits per heavy atom. The van der Waals surface area contributed by atoms with Crippen LogP contribution < -0.4 is 0 Å². The molecule has 2 rings (SSSR count). The van der Waals surface area contributed by atoms with Crippen molar-refractivity contribution in [3.8, 4) is 0 Å². The molecule has 1 aromatic heterocycles. The molecular weight excluding hydrogens is 220 g/mol. The van der Waals surface area contributed by atoms with Gasteiger partial charge in [0.25, 0.3) is 0 Å². The Bertz CT molecular complexity index is 490. The number of rotatable bonds is 2. The van der Waals surface area contributed by atoms with Gasteiger partial charge in [-0.1, -0.05) is 11.6 Å². The average Bonchev–Trinajstić information content (AvgIpc) is 2.59. The number of halogens is 1. The highest BCUT2D eigenvalue weighted by Crippen LogP contribution is 2.31. The summed E-state index contributed by atoms with van der Waals surface area (Å²) in [5.74, 6) is 0. The smallest absolute Gasteiger partial charge is 0.160 e. The second-order valence-corrected chi connectivity index (χ2v) is 4.43. The van der Waals surface area contributed by atoms with Crippen LogP contribution in [-0.2, 0) is 6.61 Å². The van der Waals surface area contributed by atoms with Gasteiger partial charge >= 0.3 is 0 Å². The zero-order valence-electron chi connectivity index (χ0n) is 7.16. The first-order valence-electron chi connectivity index (χ1n) is 4.02. The second kappa shape index (κ2) is 3.69. The fourth-order valence-electron chi connectivity index (χ4n) is 1.38. The predicted octanol–water partition coefficient (Wildman–Crippen LogP) is 2.86. The van der Waals surface area contributed by atoms with Gasteiger partial charge in [0.1, 0.15) is 0 Å². The number of hydrogen-bond acceptors (Lipinski definition) is 3. The van der Waals surface area contributed by atoms with Gasteiger partial charge in [-0.2, -0.15) is 0 Å². The van der Waals surface area contributed by atoms with Crippen molar-refractivity contribution in [2.45, 2.75) is 6.61 Å². The molecule has 0 aliphatic carbocycles. The normalized spacial score (nSPS) is 10.7. The van der Waals surface area contributed by atoms with E-state index in [1.54, 1.807) is 18.2 Å². The fourth-order valence-corrected chi connectivity index (χ4v) is 2.59. The lowest BCUT2D eigenvalue weighted by Crippen LogP contribution is -1.82. The third-order valence-corrected chi connectivity index (χ3v) is 3.33. The monoisotopic (exact) mass is 226 g/mol. The lowest BCUT2D eigenvalue weighted by molar-refractivity contribution is 0.112. The molecule has 1 heterocycles. The minimum atomic E-state index is -0.0597. The summed E-state index contributed by atoms with van der Waals surface area (Å²) in [5, 5.41) is 10.6. The Morgan fingerprint density at radius 3 is 2.86 bits per heavy atom. The number of aliphatic hydroxyl groups excluding tert-OH is 1. The van der Waals surface area contributed by atoms with Crippen molar-refractivity contribution in [1.82, 2.24) is 0 Å². The quantitative estimate of drug-likeness (QED) is 0.800. The van der Waals surface area contributed by atoms with Crippen LogP contribution in [0.2, 0.25) is 5.02 Å². The van der Waals surface area contributed by atoms with Crippen LogP contribution in [-0.4, -0.2) is 11.4 Å². The Hall–Kier alpha value is -0.900. The lowest BCUT2D eigenvalue weighted by atomic mass is 10.2. The molecule has 0 spiro atoms. The molecule has 0 amide bonds. The van der Waals surface area contributed by atoms with E-state index in [4.69, 9.17) is 16.7 Å². The third kappa shape index (κ3) is 1.54. The van der Waals surface area contributed by atoms with Gasteiger partial charge in [-0.25, -0.2) is 0 Å². The van der Waals surface area contributed by atoms with E-state index in [9.17, 15) is 4.79 Å². The van der Waals surface area contributed by atoms with Crippen molar-refractivity contribution in [3.05, 3.63) is 33.7 Å². The zero-order chi connectivity index (χ0) is 10.1. The van der Waals surface area contributed by atoms with Crippen molar-refractivity contribution in [2.24, 2.45) is 0 Å². The number of thiophene rings is 1. The van der Waals surface area contributed by atoms with E-state index in [1.165, 1.54) is 11.3 Å². The lowest BCUT2D eigenvalue weighted by Gasteiger charge is -1.98. The van der Waals surface area contributed by atoms with E-state index < -0.39 is 0 Å². The van der Waals surface area contributed by atoms with Gasteiger partial charge in [0.2, 0.25) is 0 Å². The number of fused-ring (bicyclic) bond motifs is 1. The minimum Gasteiger partial charge on any atom is -0.392 e. The predicted molar refractivity (Wildman–Crippen MR) is 58.1 cm³/mol.